The Morgan fingerprint density at radius 1 is 1.29 bits per heavy atom. The Labute approximate surface area is 120 Å². The third-order valence-corrected chi connectivity index (χ3v) is 3.03. The molecule has 6 nitrogen and oxygen atoms in total. The standard InChI is InChI=1S/C15H11N3O3/c16-6-12-3-2-11(8-17-12)15(19)18-7-10-1-4-13-14(5-10)21-9-20-13/h1-5,8H,7,9H2,(H,18,19). The largest absolute Gasteiger partial charge is 0.454 e. The molecule has 1 aromatic carbocycles. The van der Waals surface area contributed by atoms with Crippen LogP contribution < -0.4 is 14.8 Å². The van der Waals surface area contributed by atoms with E-state index < -0.39 is 0 Å². The van der Waals surface area contributed by atoms with E-state index >= 15 is 0 Å². The molecule has 0 saturated heterocycles. The van der Waals surface area contributed by atoms with Crippen molar-refractivity contribution in [1.82, 2.24) is 10.3 Å². The lowest BCUT2D eigenvalue weighted by molar-refractivity contribution is 0.0950. The van der Waals surface area contributed by atoms with Gasteiger partial charge in [0.2, 0.25) is 6.79 Å². The molecular weight excluding hydrogens is 270 g/mol. The molecule has 0 atom stereocenters. The van der Waals surface area contributed by atoms with Crippen LogP contribution in [0.2, 0.25) is 0 Å². The molecule has 21 heavy (non-hydrogen) atoms. The van der Waals surface area contributed by atoms with Crippen LogP contribution in [0.3, 0.4) is 0 Å². The Hall–Kier alpha value is -3.07. The van der Waals surface area contributed by atoms with Crippen molar-refractivity contribution >= 4 is 5.91 Å². The third-order valence-electron chi connectivity index (χ3n) is 3.03. The average Bonchev–Trinajstić information content (AvgIpc) is 3.00. The Balaban J connectivity index is 1.64. The van der Waals surface area contributed by atoms with Gasteiger partial charge in [0.05, 0.1) is 5.56 Å². The number of nitrogens with zero attached hydrogens (tertiary/aromatic N) is 2. The fourth-order valence-electron chi connectivity index (χ4n) is 1.93. The lowest BCUT2D eigenvalue weighted by atomic mass is 10.2. The van der Waals surface area contributed by atoms with Gasteiger partial charge in [-0.3, -0.25) is 4.79 Å². The fourth-order valence-corrected chi connectivity index (χ4v) is 1.93. The molecule has 1 aliphatic heterocycles. The minimum atomic E-state index is -0.246. The minimum absolute atomic E-state index is 0.224. The number of nitriles is 1. The van der Waals surface area contributed by atoms with Gasteiger partial charge in [-0.05, 0) is 29.8 Å². The highest BCUT2D eigenvalue weighted by atomic mass is 16.7. The summed E-state index contributed by atoms with van der Waals surface area (Å²) in [5, 5.41) is 11.4. The summed E-state index contributed by atoms with van der Waals surface area (Å²) in [5.41, 5.74) is 1.60. The van der Waals surface area contributed by atoms with Crippen LogP contribution >= 0.6 is 0 Å². The van der Waals surface area contributed by atoms with Crippen molar-refractivity contribution in [2.75, 3.05) is 6.79 Å². The van der Waals surface area contributed by atoms with Crippen molar-refractivity contribution in [2.45, 2.75) is 6.54 Å². The van der Waals surface area contributed by atoms with E-state index in [1.165, 1.54) is 12.3 Å². The van der Waals surface area contributed by atoms with Gasteiger partial charge in [-0.15, -0.1) is 0 Å². The molecule has 1 N–H and O–H groups in total. The molecule has 1 aliphatic rings. The number of hydrogen-bond donors (Lipinski definition) is 1. The van der Waals surface area contributed by atoms with Crippen LogP contribution in [-0.2, 0) is 6.54 Å². The normalized spacial score (nSPS) is 11.8. The van der Waals surface area contributed by atoms with Crippen molar-refractivity contribution < 1.29 is 14.3 Å². The second-order valence-electron chi connectivity index (χ2n) is 4.41. The van der Waals surface area contributed by atoms with Crippen LogP contribution in [0.5, 0.6) is 11.5 Å². The summed E-state index contributed by atoms with van der Waals surface area (Å²) in [6.45, 7) is 0.595. The Bertz CT molecular complexity index is 720. The molecule has 2 aromatic rings. The number of nitrogens with one attached hydrogen (secondary N) is 1. The summed E-state index contributed by atoms with van der Waals surface area (Å²) in [7, 11) is 0. The molecule has 6 heteroatoms. The number of benzene rings is 1. The summed E-state index contributed by atoms with van der Waals surface area (Å²) < 4.78 is 10.5. The minimum Gasteiger partial charge on any atom is -0.454 e. The maximum absolute atomic E-state index is 12.0. The van der Waals surface area contributed by atoms with Gasteiger partial charge in [-0.2, -0.15) is 5.26 Å². The topological polar surface area (TPSA) is 84.2 Å². The second kappa shape index (κ2) is 5.51. The zero-order chi connectivity index (χ0) is 14.7. The van der Waals surface area contributed by atoms with Gasteiger partial charge in [-0.1, -0.05) is 6.07 Å². The van der Waals surface area contributed by atoms with Gasteiger partial charge in [0.1, 0.15) is 11.8 Å². The third kappa shape index (κ3) is 2.77. The van der Waals surface area contributed by atoms with Gasteiger partial charge in [0, 0.05) is 12.7 Å². The maximum atomic E-state index is 12.0. The van der Waals surface area contributed by atoms with Crippen LogP contribution in [0.4, 0.5) is 0 Å². The molecule has 2 heterocycles. The number of carbonyl (C=O) groups excluding carboxylic acids is 1. The van der Waals surface area contributed by atoms with Crippen LogP contribution in [0.1, 0.15) is 21.6 Å². The number of hydrogen-bond acceptors (Lipinski definition) is 5. The first kappa shape index (κ1) is 12.9. The first-order valence-electron chi connectivity index (χ1n) is 6.29. The van der Waals surface area contributed by atoms with E-state index in [9.17, 15) is 4.79 Å². The van der Waals surface area contributed by atoms with E-state index in [2.05, 4.69) is 10.3 Å². The van der Waals surface area contributed by atoms with E-state index in [1.807, 2.05) is 24.3 Å². The molecule has 0 fully saturated rings. The predicted molar refractivity (Wildman–Crippen MR) is 72.7 cm³/mol. The van der Waals surface area contributed by atoms with Gasteiger partial charge in [0.15, 0.2) is 11.5 Å². The molecule has 3 rings (SSSR count). The van der Waals surface area contributed by atoms with Gasteiger partial charge < -0.3 is 14.8 Å². The molecule has 0 saturated carbocycles. The lowest BCUT2D eigenvalue weighted by Gasteiger charge is -2.06. The van der Waals surface area contributed by atoms with Gasteiger partial charge in [0.25, 0.3) is 5.91 Å². The Kier molecular flexibility index (Phi) is 3.39. The van der Waals surface area contributed by atoms with Crippen LogP contribution in [0, 0.1) is 11.3 Å². The first-order valence-corrected chi connectivity index (χ1v) is 6.29. The molecule has 104 valence electrons. The van der Waals surface area contributed by atoms with Gasteiger partial charge in [-0.25, -0.2) is 4.98 Å². The summed E-state index contributed by atoms with van der Waals surface area (Å²) in [5.74, 6) is 1.15. The molecule has 1 amide bonds. The summed E-state index contributed by atoms with van der Waals surface area (Å²) in [4.78, 5) is 15.8. The molecule has 0 aliphatic carbocycles. The van der Waals surface area contributed by atoms with Crippen molar-refractivity contribution in [3.63, 3.8) is 0 Å². The molecule has 0 unspecified atom stereocenters. The van der Waals surface area contributed by atoms with E-state index in [0.29, 0.717) is 23.6 Å². The summed E-state index contributed by atoms with van der Waals surface area (Å²) in [6, 6.07) is 10.5. The number of rotatable bonds is 3. The quantitative estimate of drug-likeness (QED) is 0.924. The zero-order valence-electron chi connectivity index (χ0n) is 11.0. The molecule has 0 radical (unpaired) electrons. The van der Waals surface area contributed by atoms with Crippen molar-refractivity contribution in [1.29, 1.82) is 5.26 Å². The highest BCUT2D eigenvalue weighted by Gasteiger charge is 2.13. The van der Waals surface area contributed by atoms with E-state index in [1.54, 1.807) is 6.07 Å². The molecular formula is C15H11N3O3. The predicted octanol–water partition coefficient (Wildman–Crippen LogP) is 1.61. The van der Waals surface area contributed by atoms with Crippen molar-refractivity contribution in [2.24, 2.45) is 0 Å². The summed E-state index contributed by atoms with van der Waals surface area (Å²) in [6.07, 6.45) is 1.38. The number of pyridine rings is 1. The highest BCUT2D eigenvalue weighted by molar-refractivity contribution is 5.93. The Morgan fingerprint density at radius 3 is 2.90 bits per heavy atom. The number of carbonyl (C=O) groups is 1. The SMILES string of the molecule is N#Cc1ccc(C(=O)NCc2ccc3c(c2)OCO3)cn1. The molecule has 0 spiro atoms. The maximum Gasteiger partial charge on any atom is 0.253 e. The Morgan fingerprint density at radius 2 is 2.14 bits per heavy atom. The second-order valence-corrected chi connectivity index (χ2v) is 4.41. The van der Waals surface area contributed by atoms with Crippen LogP contribution in [0.25, 0.3) is 0 Å². The number of fused-ring (bicyclic) bond motifs is 1. The monoisotopic (exact) mass is 281 g/mol. The average molecular weight is 281 g/mol. The lowest BCUT2D eigenvalue weighted by Crippen LogP contribution is -2.22. The van der Waals surface area contributed by atoms with Gasteiger partial charge >= 0.3 is 0 Å². The zero-order valence-corrected chi connectivity index (χ0v) is 11.0. The highest BCUT2D eigenvalue weighted by Crippen LogP contribution is 2.32. The van der Waals surface area contributed by atoms with E-state index in [4.69, 9.17) is 14.7 Å². The van der Waals surface area contributed by atoms with Crippen molar-refractivity contribution in [3.05, 3.63) is 53.3 Å². The van der Waals surface area contributed by atoms with E-state index in [-0.39, 0.29) is 18.4 Å². The summed E-state index contributed by atoms with van der Waals surface area (Å²) >= 11 is 0. The number of aromatic nitrogens is 1. The van der Waals surface area contributed by atoms with E-state index in [0.717, 1.165) is 5.56 Å². The molecule has 0 bridgehead atoms. The number of amides is 1. The fraction of sp³-hybridized carbons (Fsp3) is 0.133. The number of ether oxygens (including phenoxy) is 2. The molecule has 1 aromatic heterocycles. The first-order chi connectivity index (χ1) is 10.3. The van der Waals surface area contributed by atoms with Crippen molar-refractivity contribution in [3.8, 4) is 17.6 Å². The van der Waals surface area contributed by atoms with Crippen LogP contribution in [0.15, 0.2) is 36.5 Å². The van der Waals surface area contributed by atoms with Crippen LogP contribution in [-0.4, -0.2) is 17.7 Å². The smallest absolute Gasteiger partial charge is 0.253 e.